The molecule has 2 heterocycles. The molecule has 5 nitrogen and oxygen atoms in total. The predicted octanol–water partition coefficient (Wildman–Crippen LogP) is 4.01. The highest BCUT2D eigenvalue weighted by Gasteiger charge is 2.32. The number of para-hydroxylation sites is 1. The third-order valence-electron chi connectivity index (χ3n) is 6.01. The molecule has 0 bridgehead atoms. The molecule has 0 radical (unpaired) electrons. The number of aromatic amines is 1. The minimum Gasteiger partial charge on any atom is -0.357 e. The van der Waals surface area contributed by atoms with Crippen LogP contribution in [-0.4, -0.2) is 40.2 Å². The summed E-state index contributed by atoms with van der Waals surface area (Å²) in [6.07, 6.45) is 0.839. The number of halogens is 1. The Morgan fingerprint density at radius 3 is 2.70 bits per heavy atom. The number of nitrogens with zero attached hydrogens (tertiary/aromatic N) is 2. The van der Waals surface area contributed by atoms with Crippen LogP contribution in [0.3, 0.4) is 0 Å². The molecule has 0 spiro atoms. The highest BCUT2D eigenvalue weighted by Crippen LogP contribution is 2.25. The maximum atomic E-state index is 14.0. The standard InChI is InChI=1S/C24H26FN3O2/c1-16-19-8-4-6-10-21(19)26-22(16)15-27(2)24(30)18-11-12-23(29)28(14-18)13-17-7-3-5-9-20(17)25/h3-10,18,26H,11-15H2,1-2H3. The van der Waals surface area contributed by atoms with Crippen LogP contribution in [0.15, 0.2) is 48.5 Å². The van der Waals surface area contributed by atoms with Crippen LogP contribution >= 0.6 is 0 Å². The quantitative estimate of drug-likeness (QED) is 0.695. The maximum absolute atomic E-state index is 14.0. The van der Waals surface area contributed by atoms with Gasteiger partial charge in [0, 0.05) is 48.7 Å². The van der Waals surface area contributed by atoms with Crippen molar-refractivity contribution in [3.05, 3.63) is 71.2 Å². The normalized spacial score (nSPS) is 16.8. The molecule has 1 unspecified atom stereocenters. The Morgan fingerprint density at radius 1 is 1.20 bits per heavy atom. The lowest BCUT2D eigenvalue weighted by atomic mass is 9.95. The van der Waals surface area contributed by atoms with Gasteiger partial charge in [-0.1, -0.05) is 36.4 Å². The first-order valence-electron chi connectivity index (χ1n) is 10.3. The molecule has 2 aromatic carbocycles. The number of likely N-dealkylation sites (tertiary alicyclic amines) is 1. The molecule has 1 atom stereocenters. The fourth-order valence-corrected chi connectivity index (χ4v) is 4.22. The average molecular weight is 407 g/mol. The highest BCUT2D eigenvalue weighted by atomic mass is 19.1. The minimum atomic E-state index is -0.329. The van der Waals surface area contributed by atoms with E-state index in [1.54, 1.807) is 35.0 Å². The molecular formula is C24H26FN3O2. The van der Waals surface area contributed by atoms with Crippen molar-refractivity contribution in [3.63, 3.8) is 0 Å². The number of benzene rings is 2. The summed E-state index contributed by atoms with van der Waals surface area (Å²) in [5, 5.41) is 1.16. The van der Waals surface area contributed by atoms with Gasteiger partial charge in [-0.2, -0.15) is 0 Å². The van der Waals surface area contributed by atoms with Crippen LogP contribution in [0.5, 0.6) is 0 Å². The molecule has 3 aromatic rings. The van der Waals surface area contributed by atoms with E-state index in [1.165, 1.54) is 6.07 Å². The first-order chi connectivity index (χ1) is 14.4. The number of nitrogens with one attached hydrogen (secondary N) is 1. The smallest absolute Gasteiger partial charge is 0.227 e. The summed E-state index contributed by atoms with van der Waals surface area (Å²) in [5.41, 5.74) is 3.69. The van der Waals surface area contributed by atoms with Crippen LogP contribution in [0.2, 0.25) is 0 Å². The van der Waals surface area contributed by atoms with E-state index < -0.39 is 0 Å². The molecule has 1 aliphatic rings. The highest BCUT2D eigenvalue weighted by molar-refractivity contribution is 5.85. The predicted molar refractivity (Wildman–Crippen MR) is 114 cm³/mol. The van der Waals surface area contributed by atoms with Crippen LogP contribution in [0.4, 0.5) is 4.39 Å². The fraction of sp³-hybridized carbons (Fsp3) is 0.333. The van der Waals surface area contributed by atoms with E-state index in [0.717, 1.165) is 22.2 Å². The number of aromatic nitrogens is 1. The van der Waals surface area contributed by atoms with E-state index in [1.807, 2.05) is 18.2 Å². The summed E-state index contributed by atoms with van der Waals surface area (Å²) < 4.78 is 14.0. The van der Waals surface area contributed by atoms with Crippen LogP contribution in [0.1, 0.15) is 29.7 Å². The minimum absolute atomic E-state index is 0.0130. The lowest BCUT2D eigenvalue weighted by molar-refractivity contribution is -0.143. The van der Waals surface area contributed by atoms with Gasteiger partial charge in [-0.25, -0.2) is 4.39 Å². The number of carbonyl (C=O) groups is 2. The average Bonchev–Trinajstić information content (AvgIpc) is 3.06. The lowest BCUT2D eigenvalue weighted by Gasteiger charge is -2.34. The molecule has 1 aliphatic heterocycles. The summed E-state index contributed by atoms with van der Waals surface area (Å²) in [5.74, 6) is -0.621. The van der Waals surface area contributed by atoms with Gasteiger partial charge in [-0.05, 0) is 31.0 Å². The van der Waals surface area contributed by atoms with Gasteiger partial charge in [0.05, 0.1) is 12.5 Å². The van der Waals surface area contributed by atoms with Crippen molar-refractivity contribution < 1.29 is 14.0 Å². The third kappa shape index (κ3) is 3.95. The first kappa shape index (κ1) is 20.1. The lowest BCUT2D eigenvalue weighted by Crippen LogP contribution is -2.45. The zero-order valence-corrected chi connectivity index (χ0v) is 17.3. The summed E-state index contributed by atoms with van der Waals surface area (Å²) in [7, 11) is 1.80. The summed E-state index contributed by atoms with van der Waals surface area (Å²) in [6.45, 7) is 3.06. The van der Waals surface area contributed by atoms with Gasteiger partial charge in [-0.3, -0.25) is 9.59 Å². The Labute approximate surface area is 175 Å². The molecule has 30 heavy (non-hydrogen) atoms. The van der Waals surface area contributed by atoms with Gasteiger partial charge in [0.15, 0.2) is 0 Å². The van der Waals surface area contributed by atoms with E-state index in [4.69, 9.17) is 0 Å². The molecule has 1 fully saturated rings. The summed E-state index contributed by atoms with van der Waals surface area (Å²) >= 11 is 0. The Kier molecular flexibility index (Phi) is 5.57. The van der Waals surface area contributed by atoms with Crippen LogP contribution < -0.4 is 0 Å². The summed E-state index contributed by atoms with van der Waals surface area (Å²) in [4.78, 5) is 32.2. The van der Waals surface area contributed by atoms with E-state index in [9.17, 15) is 14.0 Å². The van der Waals surface area contributed by atoms with Crippen LogP contribution in [0, 0.1) is 18.7 Å². The van der Waals surface area contributed by atoms with Crippen molar-refractivity contribution in [2.24, 2.45) is 5.92 Å². The second-order valence-electron chi connectivity index (χ2n) is 8.07. The second-order valence-corrected chi connectivity index (χ2v) is 8.07. The molecule has 1 N–H and O–H groups in total. The van der Waals surface area contributed by atoms with Gasteiger partial charge in [0.2, 0.25) is 11.8 Å². The van der Waals surface area contributed by atoms with Crippen LogP contribution in [0.25, 0.3) is 10.9 Å². The monoisotopic (exact) mass is 407 g/mol. The fourth-order valence-electron chi connectivity index (χ4n) is 4.22. The number of fused-ring (bicyclic) bond motifs is 1. The Hall–Kier alpha value is -3.15. The number of amides is 2. The topological polar surface area (TPSA) is 56.4 Å². The maximum Gasteiger partial charge on any atom is 0.227 e. The molecule has 4 rings (SSSR count). The third-order valence-corrected chi connectivity index (χ3v) is 6.01. The molecule has 6 heteroatoms. The van der Waals surface area contributed by atoms with Crippen molar-refractivity contribution in [2.75, 3.05) is 13.6 Å². The van der Waals surface area contributed by atoms with Gasteiger partial charge in [0.25, 0.3) is 0 Å². The number of piperidine rings is 1. The zero-order chi connectivity index (χ0) is 21.3. The summed E-state index contributed by atoms with van der Waals surface area (Å²) in [6, 6.07) is 14.5. The molecule has 0 aliphatic carbocycles. The molecular weight excluding hydrogens is 381 g/mol. The van der Waals surface area contributed by atoms with E-state index in [-0.39, 0.29) is 30.1 Å². The van der Waals surface area contributed by atoms with Crippen molar-refractivity contribution in [3.8, 4) is 0 Å². The number of hydrogen-bond acceptors (Lipinski definition) is 2. The van der Waals surface area contributed by atoms with Crippen LogP contribution in [-0.2, 0) is 22.7 Å². The number of H-pyrrole nitrogens is 1. The van der Waals surface area contributed by atoms with Crippen molar-refractivity contribution >= 4 is 22.7 Å². The Bertz CT molecular complexity index is 1090. The first-order valence-corrected chi connectivity index (χ1v) is 10.3. The second kappa shape index (κ2) is 8.30. The Balaban J connectivity index is 1.44. The Morgan fingerprint density at radius 2 is 1.93 bits per heavy atom. The number of aryl methyl sites for hydroxylation is 1. The van der Waals surface area contributed by atoms with Gasteiger partial charge in [-0.15, -0.1) is 0 Å². The molecule has 156 valence electrons. The van der Waals surface area contributed by atoms with Gasteiger partial charge >= 0.3 is 0 Å². The SMILES string of the molecule is Cc1c(CN(C)C(=O)C2CCC(=O)N(Cc3ccccc3F)C2)[nH]c2ccccc12. The number of rotatable bonds is 5. The zero-order valence-electron chi connectivity index (χ0n) is 17.3. The van der Waals surface area contributed by atoms with Crippen molar-refractivity contribution in [2.45, 2.75) is 32.9 Å². The van der Waals surface area contributed by atoms with E-state index >= 15 is 0 Å². The molecule has 1 aromatic heterocycles. The molecule has 1 saturated heterocycles. The molecule has 0 saturated carbocycles. The van der Waals surface area contributed by atoms with Crippen molar-refractivity contribution in [1.29, 1.82) is 0 Å². The number of hydrogen-bond donors (Lipinski definition) is 1. The molecule has 2 amide bonds. The van der Waals surface area contributed by atoms with E-state index in [0.29, 0.717) is 31.5 Å². The van der Waals surface area contributed by atoms with E-state index in [2.05, 4.69) is 18.0 Å². The largest absolute Gasteiger partial charge is 0.357 e. The van der Waals surface area contributed by atoms with Gasteiger partial charge in [0.1, 0.15) is 5.82 Å². The van der Waals surface area contributed by atoms with Crippen molar-refractivity contribution in [1.82, 2.24) is 14.8 Å². The van der Waals surface area contributed by atoms with Gasteiger partial charge < -0.3 is 14.8 Å². The number of carbonyl (C=O) groups excluding carboxylic acids is 2.